The molecule has 1 saturated heterocycles. The highest BCUT2D eigenvalue weighted by Gasteiger charge is 2.60. The predicted molar refractivity (Wildman–Crippen MR) is 110 cm³/mol. The van der Waals surface area contributed by atoms with Crippen molar-refractivity contribution in [2.45, 2.75) is 37.3 Å². The zero-order chi connectivity index (χ0) is 21.8. The van der Waals surface area contributed by atoms with Crippen molar-refractivity contribution < 1.29 is 13.2 Å². The molecule has 2 aromatic rings. The van der Waals surface area contributed by atoms with E-state index in [2.05, 4.69) is 9.88 Å². The van der Waals surface area contributed by atoms with E-state index < -0.39 is 17.4 Å². The smallest absolute Gasteiger partial charge is 0.314 e. The molecule has 30 heavy (non-hydrogen) atoms. The van der Waals surface area contributed by atoms with Gasteiger partial charge in [0.1, 0.15) is 0 Å². The number of halogens is 4. The Bertz CT molecular complexity index is 916. The lowest BCUT2D eigenvalue weighted by Crippen LogP contribution is -2.27. The minimum Gasteiger partial charge on any atom is -0.314 e. The molecular formula is C21H25ClF3N3O2. The van der Waals surface area contributed by atoms with Crippen LogP contribution < -0.4 is 11.2 Å². The summed E-state index contributed by atoms with van der Waals surface area (Å²) in [4.78, 5) is 27.1. The van der Waals surface area contributed by atoms with Crippen molar-refractivity contribution in [2.75, 3.05) is 25.5 Å². The number of aromatic nitrogens is 2. The fraction of sp³-hybridized carbons (Fsp3) is 0.524. The number of nitrogens with one attached hydrogen (secondary N) is 2. The summed E-state index contributed by atoms with van der Waals surface area (Å²) >= 11 is 5.68. The van der Waals surface area contributed by atoms with Crippen LogP contribution in [0.2, 0.25) is 0 Å². The van der Waals surface area contributed by atoms with Gasteiger partial charge < -0.3 is 9.88 Å². The number of hydrogen-bond donors (Lipinski definition) is 2. The fourth-order valence-electron chi connectivity index (χ4n) is 4.18. The summed E-state index contributed by atoms with van der Waals surface area (Å²) in [7, 11) is 0. The number of likely N-dealkylation sites (tertiary alicyclic amines) is 1. The third-order valence-electron chi connectivity index (χ3n) is 5.80. The molecule has 2 aliphatic rings. The maximum Gasteiger partial charge on any atom is 0.416 e. The summed E-state index contributed by atoms with van der Waals surface area (Å²) in [6.45, 7) is 3.15. The Morgan fingerprint density at radius 1 is 1.10 bits per heavy atom. The van der Waals surface area contributed by atoms with Crippen molar-refractivity contribution >= 4 is 11.6 Å². The number of rotatable bonds is 6. The number of benzene rings is 1. The molecule has 2 fully saturated rings. The Morgan fingerprint density at radius 3 is 2.40 bits per heavy atom. The maximum atomic E-state index is 12.6. The molecule has 1 aliphatic heterocycles. The van der Waals surface area contributed by atoms with Crippen LogP contribution in [-0.2, 0) is 11.6 Å². The lowest BCUT2D eigenvalue weighted by atomic mass is 9.94. The first kappa shape index (κ1) is 22.6. The molecule has 0 unspecified atom stereocenters. The summed E-state index contributed by atoms with van der Waals surface area (Å²) in [5.74, 6) is 1.34. The van der Waals surface area contributed by atoms with E-state index in [0.29, 0.717) is 5.92 Å². The van der Waals surface area contributed by atoms with Crippen molar-refractivity contribution in [1.29, 1.82) is 0 Å². The number of fused-ring (bicyclic) bond motifs is 1. The van der Waals surface area contributed by atoms with Gasteiger partial charge in [0.25, 0.3) is 5.56 Å². The van der Waals surface area contributed by atoms with E-state index in [0.717, 1.165) is 56.8 Å². The monoisotopic (exact) mass is 443 g/mol. The molecule has 1 aromatic carbocycles. The second kappa shape index (κ2) is 9.39. The van der Waals surface area contributed by atoms with Crippen LogP contribution in [0.25, 0.3) is 0 Å². The molecule has 164 valence electrons. The van der Waals surface area contributed by atoms with Crippen LogP contribution >= 0.6 is 11.6 Å². The van der Waals surface area contributed by atoms with Crippen LogP contribution in [0.5, 0.6) is 0 Å². The van der Waals surface area contributed by atoms with Gasteiger partial charge in [-0.25, -0.2) is 4.79 Å². The van der Waals surface area contributed by atoms with Crippen molar-refractivity contribution in [3.63, 3.8) is 0 Å². The van der Waals surface area contributed by atoms with Crippen LogP contribution in [-0.4, -0.2) is 40.4 Å². The highest BCUT2D eigenvalue weighted by Crippen LogP contribution is 2.59. The largest absolute Gasteiger partial charge is 0.416 e. The number of nitrogens with zero attached hydrogens (tertiary/aromatic N) is 1. The molecule has 9 heteroatoms. The van der Waals surface area contributed by atoms with Crippen molar-refractivity contribution in [3.8, 4) is 0 Å². The molecule has 5 nitrogen and oxygen atoms in total. The van der Waals surface area contributed by atoms with Gasteiger partial charge in [-0.3, -0.25) is 9.78 Å². The Kier molecular flexibility index (Phi) is 7.08. The Morgan fingerprint density at radius 2 is 1.83 bits per heavy atom. The molecule has 2 N–H and O–H groups in total. The van der Waals surface area contributed by atoms with Crippen LogP contribution in [0.3, 0.4) is 0 Å². The van der Waals surface area contributed by atoms with Gasteiger partial charge in [-0.15, -0.1) is 11.6 Å². The van der Waals surface area contributed by atoms with Crippen LogP contribution in [0.15, 0.2) is 46.1 Å². The summed E-state index contributed by atoms with van der Waals surface area (Å²) in [6, 6.07) is 7.05. The van der Waals surface area contributed by atoms with E-state index in [1.54, 1.807) is 12.1 Å². The molecule has 0 radical (unpaired) electrons. The van der Waals surface area contributed by atoms with Gasteiger partial charge >= 0.3 is 11.9 Å². The topological polar surface area (TPSA) is 69.0 Å². The summed E-state index contributed by atoms with van der Waals surface area (Å²) in [5.41, 5.74) is -0.211. The Labute approximate surface area is 177 Å². The highest BCUT2D eigenvalue weighted by molar-refractivity contribution is 6.17. The fourth-order valence-corrected chi connectivity index (χ4v) is 4.37. The Hall–Kier alpha value is -2.06. The van der Waals surface area contributed by atoms with Gasteiger partial charge in [-0.2, -0.15) is 13.2 Å². The molecule has 0 bridgehead atoms. The average Bonchev–Trinajstić information content (AvgIpc) is 3.27. The second-order valence-corrected chi connectivity index (χ2v) is 8.29. The number of alkyl halides is 4. The quantitative estimate of drug-likeness (QED) is 0.527. The lowest BCUT2D eigenvalue weighted by Gasteiger charge is -2.21. The summed E-state index contributed by atoms with van der Waals surface area (Å²) in [6.07, 6.45) is 1.53. The number of hydrogen-bond acceptors (Lipinski definition) is 3. The van der Waals surface area contributed by atoms with Gasteiger partial charge in [0.2, 0.25) is 0 Å². The summed E-state index contributed by atoms with van der Waals surface area (Å²) < 4.78 is 37.9. The molecule has 0 amide bonds. The van der Waals surface area contributed by atoms with Crippen LogP contribution in [0, 0.1) is 5.92 Å². The number of piperidine rings is 1. The Balaban J connectivity index is 0.000000269. The highest BCUT2D eigenvalue weighted by atomic mass is 35.5. The molecule has 1 aliphatic carbocycles. The van der Waals surface area contributed by atoms with Gasteiger partial charge in [0.05, 0.1) is 5.56 Å². The van der Waals surface area contributed by atoms with Gasteiger partial charge in [0, 0.05) is 36.6 Å². The van der Waals surface area contributed by atoms with Crippen molar-refractivity contribution in [1.82, 2.24) is 14.9 Å². The van der Waals surface area contributed by atoms with Crippen molar-refractivity contribution in [3.05, 3.63) is 68.5 Å². The first-order chi connectivity index (χ1) is 14.2. The molecule has 1 aromatic heterocycles. The lowest BCUT2D eigenvalue weighted by molar-refractivity contribution is -0.137. The third kappa shape index (κ3) is 5.55. The van der Waals surface area contributed by atoms with E-state index in [1.165, 1.54) is 24.4 Å². The summed E-state index contributed by atoms with van der Waals surface area (Å²) in [5, 5.41) is 0. The maximum absolute atomic E-state index is 12.6. The first-order valence-electron chi connectivity index (χ1n) is 9.99. The number of aromatic amines is 2. The number of H-pyrrole nitrogens is 2. The zero-order valence-corrected chi connectivity index (χ0v) is 17.2. The minimum absolute atomic E-state index is 0.122. The van der Waals surface area contributed by atoms with Gasteiger partial charge in [-0.1, -0.05) is 18.6 Å². The minimum atomic E-state index is -4.25. The van der Waals surface area contributed by atoms with E-state index >= 15 is 0 Å². The standard InChI is InChI=1S/C17H21ClF3N.C4H4N2O2/c18-8-2-1-3-9-22-11-15-10-16(15,12-22)13-4-6-14(7-5-13)17(19,20)21;7-3-1-2-5-4(8)6-3/h4-7,15H,1-3,8-12H2;1-2H,(H2,5,6,7,8)/t15-,16+;/m0./s1. The van der Waals surface area contributed by atoms with Gasteiger partial charge in [-0.05, 0) is 49.4 Å². The van der Waals surface area contributed by atoms with E-state index in [9.17, 15) is 22.8 Å². The third-order valence-corrected chi connectivity index (χ3v) is 6.06. The van der Waals surface area contributed by atoms with E-state index in [-0.39, 0.29) is 11.0 Å². The van der Waals surface area contributed by atoms with Crippen LogP contribution in [0.4, 0.5) is 13.2 Å². The average molecular weight is 444 g/mol. The molecule has 0 spiro atoms. The molecule has 2 atom stereocenters. The zero-order valence-electron chi connectivity index (χ0n) is 16.5. The molecule has 4 rings (SSSR count). The molecule has 2 heterocycles. The van der Waals surface area contributed by atoms with E-state index in [1.807, 2.05) is 4.98 Å². The second-order valence-electron chi connectivity index (χ2n) is 7.91. The van der Waals surface area contributed by atoms with Crippen LogP contribution in [0.1, 0.15) is 36.8 Å². The first-order valence-corrected chi connectivity index (χ1v) is 10.5. The predicted octanol–water partition coefficient (Wildman–Crippen LogP) is 3.75. The number of unbranched alkanes of at least 4 members (excludes halogenated alkanes) is 2. The normalized spacial score (nSPS) is 22.9. The molecule has 1 saturated carbocycles. The van der Waals surface area contributed by atoms with E-state index in [4.69, 9.17) is 11.6 Å². The molecular weight excluding hydrogens is 419 g/mol. The SMILES string of the molecule is FC(F)(F)c1ccc([C@]23C[C@H]2CN(CCCCCCl)C3)cc1.O=c1cc[nH]c(=O)[nH]1. The van der Waals surface area contributed by atoms with Crippen molar-refractivity contribution in [2.24, 2.45) is 5.92 Å². The van der Waals surface area contributed by atoms with Gasteiger partial charge in [0.15, 0.2) is 0 Å².